The fourth-order valence-electron chi connectivity index (χ4n) is 0.929. The van der Waals surface area contributed by atoms with E-state index < -0.39 is 7.25 Å². The maximum atomic E-state index is 9.75. The van der Waals surface area contributed by atoms with Crippen LogP contribution in [0.2, 0.25) is 0 Å². The van der Waals surface area contributed by atoms with Crippen LogP contribution in [-0.2, 0) is 6.54 Å². The van der Waals surface area contributed by atoms with Crippen LogP contribution in [0.5, 0.6) is 0 Å². The van der Waals surface area contributed by atoms with Gasteiger partial charge in [0.15, 0.2) is 18.9 Å². The lowest BCUT2D eigenvalue weighted by atomic mass is 10.3. The maximum absolute atomic E-state index is 9.75. The summed E-state index contributed by atoms with van der Waals surface area (Å²) in [4.78, 5) is 1.25. The fraction of sp³-hybridized carbons (Fsp3) is 0.200. The average molecular weight is 278 g/mol. The third kappa shape index (κ3) is 11.0. The molecule has 0 fully saturated rings. The van der Waals surface area contributed by atoms with Crippen molar-refractivity contribution in [1.29, 1.82) is 5.26 Å². The molecule has 0 saturated carbocycles. The highest BCUT2D eigenvalue weighted by atomic mass is 32.2. The molecule has 18 heavy (non-hydrogen) atoms. The average Bonchev–Trinajstić information content (AvgIpc) is 2.28. The number of aromatic nitrogens is 1. The third-order valence-corrected chi connectivity index (χ3v) is 2.35. The summed E-state index contributed by atoms with van der Waals surface area (Å²) in [5, 5.41) is 8.28. The lowest BCUT2D eigenvalue weighted by molar-refractivity contribution is -0.687. The zero-order chi connectivity index (χ0) is 14.0. The minimum atomic E-state index is -6.00. The Morgan fingerprint density at radius 1 is 1.33 bits per heavy atom. The molecule has 8 heteroatoms. The second-order valence-corrected chi connectivity index (χ2v) is 3.84. The van der Waals surface area contributed by atoms with Crippen molar-refractivity contribution in [1.82, 2.24) is 0 Å². The number of allylic oxidation sites excluding steroid dienone is 2. The predicted octanol–water partition coefficient (Wildman–Crippen LogP) is 3.08. The van der Waals surface area contributed by atoms with Gasteiger partial charge in [-0.25, -0.2) is 4.57 Å². The number of pyridine rings is 1. The molecule has 0 radical (unpaired) electrons. The molecule has 0 N–H and O–H groups in total. The van der Waals surface area contributed by atoms with Crippen molar-refractivity contribution in [3.8, 4) is 6.07 Å². The summed E-state index contributed by atoms with van der Waals surface area (Å²) in [6.45, 7) is 0.752. The van der Waals surface area contributed by atoms with Crippen LogP contribution >= 0.6 is 11.8 Å². The first-order valence-electron chi connectivity index (χ1n) is 4.82. The highest BCUT2D eigenvalue weighted by Crippen LogP contribution is 2.10. The van der Waals surface area contributed by atoms with Gasteiger partial charge in [0.1, 0.15) is 0 Å². The largest absolute Gasteiger partial charge is 0.673 e. The normalized spacial score (nSPS) is 10.7. The van der Waals surface area contributed by atoms with E-state index in [4.69, 9.17) is 5.26 Å². The Balaban J connectivity index is 0.000000494. The fourth-order valence-corrected chi connectivity index (χ4v) is 1.32. The number of halogens is 4. The smallest absolute Gasteiger partial charge is 0.418 e. The molecule has 98 valence electrons. The molecule has 1 aromatic rings. The SMILES string of the molecule is CSc1cc[n+](C/C=C/C#N)cc1.F[B-](F)(F)F. The highest BCUT2D eigenvalue weighted by Gasteiger charge is 2.20. The van der Waals surface area contributed by atoms with Gasteiger partial charge < -0.3 is 17.3 Å². The monoisotopic (exact) mass is 278 g/mol. The van der Waals surface area contributed by atoms with Gasteiger partial charge in [0, 0.05) is 23.1 Å². The van der Waals surface area contributed by atoms with E-state index in [2.05, 4.69) is 18.4 Å². The second kappa shape index (κ2) is 8.58. The van der Waals surface area contributed by atoms with Gasteiger partial charge in [-0.15, -0.1) is 11.8 Å². The summed E-state index contributed by atoms with van der Waals surface area (Å²) < 4.78 is 41.0. The van der Waals surface area contributed by atoms with E-state index in [1.165, 1.54) is 11.0 Å². The van der Waals surface area contributed by atoms with Crippen LogP contribution in [-0.4, -0.2) is 13.5 Å². The van der Waals surface area contributed by atoms with Crippen molar-refractivity contribution >= 4 is 19.0 Å². The molecule has 0 amide bonds. The van der Waals surface area contributed by atoms with Gasteiger partial charge in [-0.1, -0.05) is 0 Å². The van der Waals surface area contributed by atoms with Crippen molar-refractivity contribution in [2.75, 3.05) is 6.26 Å². The van der Waals surface area contributed by atoms with Crippen molar-refractivity contribution < 1.29 is 21.8 Å². The van der Waals surface area contributed by atoms with Crippen LogP contribution in [0.15, 0.2) is 41.6 Å². The second-order valence-electron chi connectivity index (χ2n) is 2.96. The maximum Gasteiger partial charge on any atom is 0.673 e. The van der Waals surface area contributed by atoms with Gasteiger partial charge in [-0.3, -0.25) is 0 Å². The lowest BCUT2D eigenvalue weighted by Crippen LogP contribution is -2.31. The molecule has 0 aliphatic heterocycles. The number of rotatable bonds is 3. The van der Waals surface area contributed by atoms with Crippen molar-refractivity contribution in [3.63, 3.8) is 0 Å². The summed E-state index contributed by atoms with van der Waals surface area (Å²) in [6.07, 6.45) is 9.39. The van der Waals surface area contributed by atoms with Crippen molar-refractivity contribution in [2.24, 2.45) is 0 Å². The molecule has 1 rings (SSSR count). The topological polar surface area (TPSA) is 27.7 Å². The molecular formula is C10H11BF4N2S. The Hall–Kier alpha value is -1.49. The molecule has 0 atom stereocenters. The van der Waals surface area contributed by atoms with E-state index in [0.29, 0.717) is 0 Å². The molecule has 1 heterocycles. The summed E-state index contributed by atoms with van der Waals surface area (Å²) in [5.74, 6) is 0. The van der Waals surface area contributed by atoms with Gasteiger partial charge in [0.25, 0.3) is 0 Å². The number of thioether (sulfide) groups is 1. The summed E-state index contributed by atoms with van der Waals surface area (Å²) >= 11 is 1.72. The Morgan fingerprint density at radius 3 is 2.22 bits per heavy atom. The van der Waals surface area contributed by atoms with Crippen molar-refractivity contribution in [3.05, 3.63) is 36.7 Å². The van der Waals surface area contributed by atoms with Crippen molar-refractivity contribution in [2.45, 2.75) is 11.4 Å². The summed E-state index contributed by atoms with van der Waals surface area (Å²) in [7, 11) is -6.00. The van der Waals surface area contributed by atoms with Crippen LogP contribution in [0.1, 0.15) is 0 Å². The van der Waals surface area contributed by atoms with Crippen LogP contribution in [0.4, 0.5) is 17.3 Å². The first kappa shape index (κ1) is 16.5. The van der Waals surface area contributed by atoms with Gasteiger partial charge >= 0.3 is 7.25 Å². The summed E-state index contributed by atoms with van der Waals surface area (Å²) in [6, 6.07) is 6.08. The zero-order valence-corrected chi connectivity index (χ0v) is 10.4. The zero-order valence-electron chi connectivity index (χ0n) is 9.56. The van der Waals surface area contributed by atoms with Crippen LogP contribution in [0, 0.1) is 11.3 Å². The molecule has 0 aliphatic rings. The molecule has 0 aliphatic carbocycles. The molecule has 0 spiro atoms. The molecular weight excluding hydrogens is 267 g/mol. The van der Waals surface area contributed by atoms with Gasteiger partial charge in [-0.05, 0) is 12.3 Å². The molecule has 0 aromatic carbocycles. The van der Waals surface area contributed by atoms with Gasteiger partial charge in [-0.2, -0.15) is 5.26 Å². The molecule has 2 nitrogen and oxygen atoms in total. The first-order valence-corrected chi connectivity index (χ1v) is 6.04. The Morgan fingerprint density at radius 2 is 1.83 bits per heavy atom. The molecule has 0 unspecified atom stereocenters. The van der Waals surface area contributed by atoms with E-state index in [1.807, 2.05) is 29.1 Å². The lowest BCUT2D eigenvalue weighted by Gasteiger charge is -1.94. The molecule has 0 bridgehead atoms. The third-order valence-electron chi connectivity index (χ3n) is 1.60. The number of nitrogens with zero attached hydrogens (tertiary/aromatic N) is 2. The van der Waals surface area contributed by atoms with Crippen LogP contribution < -0.4 is 4.57 Å². The van der Waals surface area contributed by atoms with E-state index >= 15 is 0 Å². The van der Waals surface area contributed by atoms with Gasteiger partial charge in [0.2, 0.25) is 0 Å². The van der Waals surface area contributed by atoms with E-state index in [9.17, 15) is 17.3 Å². The van der Waals surface area contributed by atoms with Gasteiger partial charge in [0.05, 0.1) is 6.07 Å². The predicted molar refractivity (Wildman–Crippen MR) is 63.4 cm³/mol. The number of nitriles is 1. The van der Waals surface area contributed by atoms with Crippen LogP contribution in [0.3, 0.4) is 0 Å². The minimum absolute atomic E-state index is 0.752. The van der Waals surface area contributed by atoms with E-state index in [-0.39, 0.29) is 0 Å². The first-order chi connectivity index (χ1) is 8.36. The quantitative estimate of drug-likeness (QED) is 0.279. The van der Waals surface area contributed by atoms with E-state index in [1.54, 1.807) is 11.8 Å². The van der Waals surface area contributed by atoms with Crippen LogP contribution in [0.25, 0.3) is 0 Å². The summed E-state index contributed by atoms with van der Waals surface area (Å²) in [5.41, 5.74) is 0. The Kier molecular flexibility index (Phi) is 7.87. The highest BCUT2D eigenvalue weighted by molar-refractivity contribution is 7.98. The number of hydrogen-bond donors (Lipinski definition) is 0. The molecule has 0 saturated heterocycles. The number of hydrogen-bond acceptors (Lipinski definition) is 2. The Bertz CT molecular complexity index is 405. The van der Waals surface area contributed by atoms with E-state index in [0.717, 1.165) is 6.54 Å². The minimum Gasteiger partial charge on any atom is -0.418 e. The Labute approximate surface area is 107 Å². The standard InChI is InChI=1S/C10H11N2S.BF4/c1-13-10-4-8-12(9-5-10)7-3-2-6-11;2-1(3,4)5/h2-5,8-9H,7H2,1H3;/q+1;-1/b3-2+;. The molecule has 1 aromatic heterocycles.